The number of fused-ring (bicyclic) bond motifs is 1. The third-order valence-corrected chi connectivity index (χ3v) is 3.48. The van der Waals surface area contributed by atoms with Crippen molar-refractivity contribution in [3.05, 3.63) is 47.4 Å². The molecule has 2 aromatic rings. The van der Waals surface area contributed by atoms with E-state index in [-0.39, 0.29) is 23.2 Å². The van der Waals surface area contributed by atoms with Crippen LogP contribution in [-0.2, 0) is 4.79 Å². The number of rotatable bonds is 2. The number of halogens is 1. The topological polar surface area (TPSA) is 85.8 Å². The lowest BCUT2D eigenvalue weighted by atomic mass is 10.1. The smallest absolute Gasteiger partial charge is 0.263 e. The molecule has 1 unspecified atom stereocenters. The van der Waals surface area contributed by atoms with Crippen LogP contribution < -0.4 is 15.4 Å². The SMILES string of the molecule is NC(=O)C1CN(C(=O)c2ccoc2Cl)c2ccccc2O1. The highest BCUT2D eigenvalue weighted by Gasteiger charge is 2.34. The summed E-state index contributed by atoms with van der Waals surface area (Å²) in [5.74, 6) is -0.600. The Hall–Kier alpha value is -2.47. The Morgan fingerprint density at radius 1 is 1.29 bits per heavy atom. The second-order valence-corrected chi connectivity index (χ2v) is 4.84. The summed E-state index contributed by atoms with van der Waals surface area (Å²) in [4.78, 5) is 25.4. The Kier molecular flexibility index (Phi) is 3.31. The zero-order chi connectivity index (χ0) is 15.0. The molecule has 2 N–H and O–H groups in total. The summed E-state index contributed by atoms with van der Waals surface area (Å²) in [5.41, 5.74) is 6.06. The summed E-state index contributed by atoms with van der Waals surface area (Å²) < 4.78 is 10.4. The minimum absolute atomic E-state index is 0.000372. The molecular weight excluding hydrogens is 296 g/mol. The van der Waals surface area contributed by atoms with Crippen LogP contribution in [0.3, 0.4) is 0 Å². The molecule has 1 aliphatic heterocycles. The third kappa shape index (κ3) is 2.34. The Balaban J connectivity index is 2.02. The summed E-state index contributed by atoms with van der Waals surface area (Å²) >= 11 is 5.84. The average Bonchev–Trinajstić information content (AvgIpc) is 2.91. The van der Waals surface area contributed by atoms with Crippen LogP contribution in [0.2, 0.25) is 5.22 Å². The molecule has 1 aromatic heterocycles. The van der Waals surface area contributed by atoms with Crippen molar-refractivity contribution in [1.82, 2.24) is 0 Å². The van der Waals surface area contributed by atoms with Crippen molar-refractivity contribution in [3.8, 4) is 5.75 Å². The third-order valence-electron chi connectivity index (χ3n) is 3.18. The number of carbonyl (C=O) groups is 2. The second-order valence-electron chi connectivity index (χ2n) is 4.50. The van der Waals surface area contributed by atoms with Gasteiger partial charge in [-0.1, -0.05) is 12.1 Å². The van der Waals surface area contributed by atoms with Gasteiger partial charge in [0.25, 0.3) is 11.8 Å². The molecule has 0 aliphatic carbocycles. The number of primary amides is 1. The normalized spacial score (nSPS) is 17.0. The summed E-state index contributed by atoms with van der Waals surface area (Å²) in [6.45, 7) is 0.0205. The Morgan fingerprint density at radius 3 is 2.71 bits per heavy atom. The van der Waals surface area contributed by atoms with Gasteiger partial charge in [-0.3, -0.25) is 9.59 Å². The zero-order valence-corrected chi connectivity index (χ0v) is 11.5. The van der Waals surface area contributed by atoms with Crippen LogP contribution in [-0.4, -0.2) is 24.5 Å². The first-order valence-corrected chi connectivity index (χ1v) is 6.55. The van der Waals surface area contributed by atoms with Gasteiger partial charge in [-0.05, 0) is 29.8 Å². The largest absolute Gasteiger partial charge is 0.477 e. The summed E-state index contributed by atoms with van der Waals surface area (Å²) in [7, 11) is 0. The molecule has 0 saturated heterocycles. The van der Waals surface area contributed by atoms with Crippen LogP contribution in [0.1, 0.15) is 10.4 Å². The van der Waals surface area contributed by atoms with E-state index in [4.69, 9.17) is 26.5 Å². The Labute approximate surface area is 125 Å². The van der Waals surface area contributed by atoms with Gasteiger partial charge in [0, 0.05) is 0 Å². The molecule has 0 radical (unpaired) electrons. The van der Waals surface area contributed by atoms with Gasteiger partial charge in [-0.15, -0.1) is 0 Å². The first kappa shape index (κ1) is 13.5. The van der Waals surface area contributed by atoms with E-state index in [2.05, 4.69) is 0 Å². The maximum absolute atomic E-state index is 12.6. The molecule has 21 heavy (non-hydrogen) atoms. The number of furan rings is 1. The lowest BCUT2D eigenvalue weighted by molar-refractivity contribution is -0.124. The molecule has 108 valence electrons. The minimum Gasteiger partial charge on any atom is -0.477 e. The quantitative estimate of drug-likeness (QED) is 0.917. The van der Waals surface area contributed by atoms with Gasteiger partial charge in [0.2, 0.25) is 5.22 Å². The van der Waals surface area contributed by atoms with Crippen molar-refractivity contribution in [2.24, 2.45) is 5.73 Å². The fourth-order valence-corrected chi connectivity index (χ4v) is 2.36. The van der Waals surface area contributed by atoms with Gasteiger partial charge >= 0.3 is 0 Å². The van der Waals surface area contributed by atoms with E-state index in [9.17, 15) is 9.59 Å². The van der Waals surface area contributed by atoms with E-state index in [0.717, 1.165) is 0 Å². The standard InChI is InChI=1S/C14H11ClN2O4/c15-12-8(5-6-20-12)14(19)17-7-11(13(16)18)21-10-4-2-1-3-9(10)17/h1-6,11H,7H2,(H2,16,18). The van der Waals surface area contributed by atoms with Crippen LogP contribution in [0.25, 0.3) is 0 Å². The molecule has 1 atom stereocenters. The number of amides is 2. The molecule has 3 rings (SSSR count). The van der Waals surface area contributed by atoms with Gasteiger partial charge in [-0.25, -0.2) is 0 Å². The van der Waals surface area contributed by atoms with Crippen molar-refractivity contribution < 1.29 is 18.7 Å². The van der Waals surface area contributed by atoms with E-state index in [1.54, 1.807) is 24.3 Å². The summed E-state index contributed by atoms with van der Waals surface area (Å²) in [6.07, 6.45) is 0.419. The predicted octanol–water partition coefficient (Wildman–Crippen LogP) is 1.83. The summed E-state index contributed by atoms with van der Waals surface area (Å²) in [5, 5.41) is -0.000372. The van der Waals surface area contributed by atoms with Crippen molar-refractivity contribution >= 4 is 29.1 Å². The lowest BCUT2D eigenvalue weighted by Gasteiger charge is -2.33. The fraction of sp³-hybridized carbons (Fsp3) is 0.143. The van der Waals surface area contributed by atoms with Crippen LogP contribution in [0, 0.1) is 0 Å². The van der Waals surface area contributed by atoms with Crippen LogP contribution in [0.4, 0.5) is 5.69 Å². The first-order chi connectivity index (χ1) is 10.1. The second kappa shape index (κ2) is 5.14. The number of hydrogen-bond donors (Lipinski definition) is 1. The van der Waals surface area contributed by atoms with E-state index in [1.165, 1.54) is 17.2 Å². The number of hydrogen-bond acceptors (Lipinski definition) is 4. The van der Waals surface area contributed by atoms with Gasteiger partial charge in [0.1, 0.15) is 5.75 Å². The molecular formula is C14H11ClN2O4. The van der Waals surface area contributed by atoms with E-state index >= 15 is 0 Å². The maximum Gasteiger partial charge on any atom is 0.263 e. The number of nitrogens with zero attached hydrogens (tertiary/aromatic N) is 1. The number of ether oxygens (including phenoxy) is 1. The van der Waals surface area contributed by atoms with Crippen molar-refractivity contribution in [3.63, 3.8) is 0 Å². The molecule has 6 nitrogen and oxygen atoms in total. The van der Waals surface area contributed by atoms with Crippen molar-refractivity contribution in [2.75, 3.05) is 11.4 Å². The number of nitrogens with two attached hydrogens (primary N) is 1. The van der Waals surface area contributed by atoms with E-state index in [0.29, 0.717) is 11.4 Å². The molecule has 1 aliphatic rings. The highest BCUT2D eigenvalue weighted by atomic mass is 35.5. The number of benzene rings is 1. The number of anilines is 1. The van der Waals surface area contributed by atoms with Crippen LogP contribution in [0.15, 0.2) is 41.0 Å². The molecule has 7 heteroatoms. The minimum atomic E-state index is -0.908. The van der Waals surface area contributed by atoms with Gasteiger partial charge < -0.3 is 19.8 Å². The number of carbonyl (C=O) groups excluding carboxylic acids is 2. The van der Waals surface area contributed by atoms with Crippen LogP contribution >= 0.6 is 11.6 Å². The highest BCUT2D eigenvalue weighted by molar-refractivity contribution is 6.33. The van der Waals surface area contributed by atoms with Crippen LogP contribution in [0.5, 0.6) is 5.75 Å². The van der Waals surface area contributed by atoms with Gasteiger partial charge in [0.05, 0.1) is 24.1 Å². The summed E-state index contributed by atoms with van der Waals surface area (Å²) in [6, 6.07) is 8.38. The van der Waals surface area contributed by atoms with Crippen molar-refractivity contribution in [1.29, 1.82) is 0 Å². The van der Waals surface area contributed by atoms with Gasteiger partial charge in [0.15, 0.2) is 6.10 Å². The average molecular weight is 307 g/mol. The molecule has 2 amide bonds. The van der Waals surface area contributed by atoms with Gasteiger partial charge in [-0.2, -0.15) is 0 Å². The highest BCUT2D eigenvalue weighted by Crippen LogP contribution is 2.34. The molecule has 0 fully saturated rings. The lowest BCUT2D eigenvalue weighted by Crippen LogP contribution is -2.49. The monoisotopic (exact) mass is 306 g/mol. The Bertz CT molecular complexity index is 713. The predicted molar refractivity (Wildman–Crippen MR) is 75.4 cm³/mol. The molecule has 0 saturated carbocycles. The molecule has 0 bridgehead atoms. The van der Waals surface area contributed by atoms with E-state index in [1.807, 2.05) is 0 Å². The number of para-hydroxylation sites is 2. The van der Waals surface area contributed by atoms with Crippen molar-refractivity contribution in [2.45, 2.75) is 6.10 Å². The maximum atomic E-state index is 12.6. The molecule has 2 heterocycles. The van der Waals surface area contributed by atoms with E-state index < -0.39 is 12.0 Å². The molecule has 1 aromatic carbocycles. The zero-order valence-electron chi connectivity index (χ0n) is 10.8. The molecule has 0 spiro atoms. The first-order valence-electron chi connectivity index (χ1n) is 6.18. The Morgan fingerprint density at radius 2 is 2.05 bits per heavy atom. The fourth-order valence-electron chi connectivity index (χ4n) is 2.17.